The van der Waals surface area contributed by atoms with Gasteiger partial charge >= 0.3 is 0 Å². The van der Waals surface area contributed by atoms with E-state index in [4.69, 9.17) is 0 Å². The van der Waals surface area contributed by atoms with Crippen molar-refractivity contribution in [2.24, 2.45) is 0 Å². The lowest BCUT2D eigenvalue weighted by Gasteiger charge is -2.40. The molecule has 1 aromatic rings. The van der Waals surface area contributed by atoms with Crippen LogP contribution in [-0.4, -0.2) is 52.9 Å². The van der Waals surface area contributed by atoms with E-state index in [2.05, 4.69) is 40.9 Å². The van der Waals surface area contributed by atoms with Crippen LogP contribution in [0.4, 0.5) is 0 Å². The average molecular weight is 295 g/mol. The first-order valence-corrected chi connectivity index (χ1v) is 8.50. The molecule has 4 nitrogen and oxygen atoms in total. The number of aryl methyl sites for hydroxylation is 1. The molecule has 5 heteroatoms. The number of aromatic nitrogens is 1. The highest BCUT2D eigenvalue weighted by Gasteiger charge is 2.28. The van der Waals surface area contributed by atoms with Crippen molar-refractivity contribution in [1.29, 1.82) is 0 Å². The second kappa shape index (κ2) is 7.18. The quantitative estimate of drug-likeness (QED) is 0.835. The Morgan fingerprint density at radius 3 is 2.80 bits per heavy atom. The van der Waals surface area contributed by atoms with Crippen molar-refractivity contribution in [2.45, 2.75) is 46.1 Å². The zero-order chi connectivity index (χ0) is 14.5. The maximum atomic E-state index is 12.5. The van der Waals surface area contributed by atoms with Crippen LogP contribution < -0.4 is 0 Å². The van der Waals surface area contributed by atoms with Crippen molar-refractivity contribution in [3.05, 3.63) is 16.1 Å². The Morgan fingerprint density at radius 1 is 1.40 bits per heavy atom. The first-order valence-electron chi connectivity index (χ1n) is 7.63. The van der Waals surface area contributed by atoms with E-state index < -0.39 is 0 Å². The van der Waals surface area contributed by atoms with Gasteiger partial charge in [-0.25, -0.2) is 4.98 Å². The van der Waals surface area contributed by atoms with Crippen molar-refractivity contribution in [1.82, 2.24) is 14.8 Å². The molecule has 112 valence electrons. The van der Waals surface area contributed by atoms with Crippen molar-refractivity contribution in [3.8, 4) is 0 Å². The Labute approximate surface area is 125 Å². The summed E-state index contributed by atoms with van der Waals surface area (Å²) in [6, 6.07) is 0.363. The van der Waals surface area contributed by atoms with Gasteiger partial charge in [-0.1, -0.05) is 20.8 Å². The number of nitrogens with zero attached hydrogens (tertiary/aromatic N) is 3. The lowest BCUT2D eigenvalue weighted by atomic mass is 10.1. The number of hydrogen-bond donors (Lipinski definition) is 0. The highest BCUT2D eigenvalue weighted by atomic mass is 32.1. The molecule has 0 spiro atoms. The molecule has 20 heavy (non-hydrogen) atoms. The Bertz CT molecular complexity index is 446. The van der Waals surface area contributed by atoms with Crippen LogP contribution in [0.3, 0.4) is 0 Å². The number of hydrogen-bond acceptors (Lipinski definition) is 4. The topological polar surface area (TPSA) is 36.4 Å². The molecule has 1 unspecified atom stereocenters. The summed E-state index contributed by atoms with van der Waals surface area (Å²) in [4.78, 5) is 21.5. The molecule has 1 aromatic heterocycles. The van der Waals surface area contributed by atoms with Gasteiger partial charge in [0.25, 0.3) is 0 Å². The van der Waals surface area contributed by atoms with Gasteiger partial charge in [-0.05, 0) is 19.4 Å². The molecule has 2 rings (SSSR count). The summed E-state index contributed by atoms with van der Waals surface area (Å²) in [5.41, 5.74) is 1.10. The van der Waals surface area contributed by atoms with E-state index >= 15 is 0 Å². The monoisotopic (exact) mass is 295 g/mol. The minimum atomic E-state index is 0.240. The Hall–Kier alpha value is -0.940. The van der Waals surface area contributed by atoms with Gasteiger partial charge in [-0.2, -0.15) is 0 Å². The van der Waals surface area contributed by atoms with E-state index in [1.807, 2.05) is 0 Å². The molecule has 0 bridgehead atoms. The normalized spacial score (nSPS) is 20.4. The Morgan fingerprint density at radius 2 is 2.20 bits per heavy atom. The van der Waals surface area contributed by atoms with Crippen LogP contribution in [0.15, 0.2) is 5.38 Å². The lowest BCUT2D eigenvalue weighted by Crippen LogP contribution is -2.55. The van der Waals surface area contributed by atoms with Gasteiger partial charge in [0.05, 0.1) is 12.1 Å². The molecular weight excluding hydrogens is 270 g/mol. The molecule has 1 aliphatic heterocycles. The first-order chi connectivity index (χ1) is 9.67. The molecule has 1 fully saturated rings. The summed E-state index contributed by atoms with van der Waals surface area (Å²) in [7, 11) is 0. The zero-order valence-electron chi connectivity index (χ0n) is 12.8. The van der Waals surface area contributed by atoms with Crippen LogP contribution in [-0.2, 0) is 17.6 Å². The average Bonchev–Trinajstić information content (AvgIpc) is 2.94. The predicted octanol–water partition coefficient (Wildman–Crippen LogP) is 2.19. The summed E-state index contributed by atoms with van der Waals surface area (Å²) in [6.45, 7) is 10.4. The van der Waals surface area contributed by atoms with Gasteiger partial charge in [0, 0.05) is 31.1 Å². The van der Waals surface area contributed by atoms with E-state index in [-0.39, 0.29) is 5.91 Å². The van der Waals surface area contributed by atoms with Crippen LogP contribution in [0.5, 0.6) is 0 Å². The SMILES string of the molecule is CCc1csc(CC(=O)N2CCN(CC)CC2CC)n1. The number of carbonyl (C=O) groups excluding carboxylic acids is 1. The van der Waals surface area contributed by atoms with Crippen LogP contribution in [0.25, 0.3) is 0 Å². The lowest BCUT2D eigenvalue weighted by molar-refractivity contribution is -0.135. The van der Waals surface area contributed by atoms with Gasteiger partial charge in [0.1, 0.15) is 5.01 Å². The van der Waals surface area contributed by atoms with Gasteiger partial charge in [0.15, 0.2) is 0 Å². The van der Waals surface area contributed by atoms with Crippen molar-refractivity contribution in [2.75, 3.05) is 26.2 Å². The summed E-state index contributed by atoms with van der Waals surface area (Å²) >= 11 is 1.61. The molecule has 1 atom stereocenters. The fourth-order valence-electron chi connectivity index (χ4n) is 2.71. The number of carbonyl (C=O) groups is 1. The smallest absolute Gasteiger partial charge is 0.229 e. The van der Waals surface area contributed by atoms with Crippen molar-refractivity contribution >= 4 is 17.2 Å². The summed E-state index contributed by atoms with van der Waals surface area (Å²) in [5.74, 6) is 0.240. The summed E-state index contributed by atoms with van der Waals surface area (Å²) in [5, 5.41) is 3.02. The number of thiazole rings is 1. The first kappa shape index (κ1) is 15.4. The van der Waals surface area contributed by atoms with Crippen LogP contribution in [0, 0.1) is 0 Å². The minimum absolute atomic E-state index is 0.240. The Balaban J connectivity index is 1.97. The van der Waals surface area contributed by atoms with E-state index in [9.17, 15) is 4.79 Å². The molecule has 0 aromatic carbocycles. The standard InChI is InChI=1S/C15H25N3OS/c1-4-12-11-20-14(16-12)9-15(19)18-8-7-17(6-3)10-13(18)5-2/h11,13H,4-10H2,1-3H3. The van der Waals surface area contributed by atoms with Crippen molar-refractivity contribution in [3.63, 3.8) is 0 Å². The maximum Gasteiger partial charge on any atom is 0.229 e. The van der Waals surface area contributed by atoms with Crippen LogP contribution >= 0.6 is 11.3 Å². The zero-order valence-corrected chi connectivity index (χ0v) is 13.6. The number of amides is 1. The van der Waals surface area contributed by atoms with Gasteiger partial charge < -0.3 is 4.90 Å². The maximum absolute atomic E-state index is 12.5. The number of rotatable bonds is 5. The largest absolute Gasteiger partial charge is 0.337 e. The minimum Gasteiger partial charge on any atom is -0.337 e. The third-order valence-corrected chi connectivity index (χ3v) is 4.97. The fraction of sp³-hybridized carbons (Fsp3) is 0.733. The highest BCUT2D eigenvalue weighted by Crippen LogP contribution is 2.17. The van der Waals surface area contributed by atoms with E-state index in [0.717, 1.165) is 49.7 Å². The summed E-state index contributed by atoms with van der Waals surface area (Å²) < 4.78 is 0. The molecule has 2 heterocycles. The van der Waals surface area contributed by atoms with Crippen LogP contribution in [0.2, 0.25) is 0 Å². The molecular formula is C15H25N3OS. The van der Waals surface area contributed by atoms with Gasteiger partial charge in [0.2, 0.25) is 5.91 Å². The summed E-state index contributed by atoms with van der Waals surface area (Å²) in [6.07, 6.45) is 2.44. The second-order valence-corrected chi connectivity index (χ2v) is 6.25. The van der Waals surface area contributed by atoms with E-state index in [1.165, 1.54) is 0 Å². The molecule has 1 saturated heterocycles. The van der Waals surface area contributed by atoms with Crippen molar-refractivity contribution < 1.29 is 4.79 Å². The third-order valence-electron chi connectivity index (χ3n) is 4.07. The fourth-order valence-corrected chi connectivity index (χ4v) is 3.58. The Kier molecular flexibility index (Phi) is 5.54. The molecule has 0 saturated carbocycles. The molecule has 0 N–H and O–H groups in total. The molecule has 0 aliphatic carbocycles. The molecule has 0 radical (unpaired) electrons. The number of piperazine rings is 1. The number of likely N-dealkylation sites (N-methyl/N-ethyl adjacent to an activating group) is 1. The van der Waals surface area contributed by atoms with Crippen LogP contribution in [0.1, 0.15) is 37.9 Å². The predicted molar refractivity (Wildman–Crippen MR) is 83.1 cm³/mol. The van der Waals surface area contributed by atoms with Gasteiger partial charge in [-0.3, -0.25) is 9.69 Å². The highest BCUT2D eigenvalue weighted by molar-refractivity contribution is 7.09. The molecule has 1 amide bonds. The van der Waals surface area contributed by atoms with E-state index in [1.54, 1.807) is 11.3 Å². The van der Waals surface area contributed by atoms with E-state index in [0.29, 0.717) is 12.5 Å². The molecule has 1 aliphatic rings. The second-order valence-electron chi connectivity index (χ2n) is 5.31. The third kappa shape index (κ3) is 3.58. The van der Waals surface area contributed by atoms with Gasteiger partial charge in [-0.15, -0.1) is 11.3 Å².